The topological polar surface area (TPSA) is 46.6 Å². The van der Waals surface area contributed by atoms with Crippen LogP contribution in [0.2, 0.25) is 5.02 Å². The Labute approximate surface area is 137 Å². The fourth-order valence-electron chi connectivity index (χ4n) is 1.81. The standard InChI is InChI=1S/C14H13BrClNO3S/c1-17(12-5-3-4-11(16)9-12)21(18,19)14-8-10(15)6-7-13(14)20-2/h3-9H,1-2H3. The molecule has 0 unspecified atom stereocenters. The number of hydrogen-bond donors (Lipinski definition) is 0. The molecule has 4 nitrogen and oxygen atoms in total. The van der Waals surface area contributed by atoms with Crippen molar-refractivity contribution in [2.45, 2.75) is 4.90 Å². The van der Waals surface area contributed by atoms with Crippen LogP contribution in [0.3, 0.4) is 0 Å². The third-order valence-corrected chi connectivity index (χ3v) is 5.47. The van der Waals surface area contributed by atoms with Crippen molar-refractivity contribution in [3.05, 3.63) is 52.0 Å². The summed E-state index contributed by atoms with van der Waals surface area (Å²) in [6.07, 6.45) is 0. The molecule has 2 aromatic rings. The molecule has 0 aliphatic carbocycles. The summed E-state index contributed by atoms with van der Waals surface area (Å²) in [4.78, 5) is 0.0850. The quantitative estimate of drug-likeness (QED) is 0.794. The van der Waals surface area contributed by atoms with Crippen LogP contribution in [0.5, 0.6) is 5.75 Å². The van der Waals surface area contributed by atoms with E-state index in [4.69, 9.17) is 16.3 Å². The first-order chi connectivity index (χ1) is 9.86. The minimum atomic E-state index is -3.75. The molecule has 2 rings (SSSR count). The largest absolute Gasteiger partial charge is 0.495 e. The summed E-state index contributed by atoms with van der Waals surface area (Å²) in [5, 5.41) is 0.468. The first-order valence-electron chi connectivity index (χ1n) is 5.94. The Morgan fingerprint density at radius 1 is 1.19 bits per heavy atom. The van der Waals surface area contributed by atoms with Crippen LogP contribution < -0.4 is 9.04 Å². The van der Waals surface area contributed by atoms with E-state index in [0.717, 1.165) is 0 Å². The maximum absolute atomic E-state index is 12.8. The van der Waals surface area contributed by atoms with Gasteiger partial charge in [0.1, 0.15) is 10.6 Å². The summed E-state index contributed by atoms with van der Waals surface area (Å²) >= 11 is 9.19. The normalized spacial score (nSPS) is 11.2. The number of benzene rings is 2. The lowest BCUT2D eigenvalue weighted by Crippen LogP contribution is -2.27. The van der Waals surface area contributed by atoms with Gasteiger partial charge in [0.25, 0.3) is 10.0 Å². The van der Waals surface area contributed by atoms with Gasteiger partial charge < -0.3 is 4.74 Å². The van der Waals surface area contributed by atoms with Gasteiger partial charge in [-0.2, -0.15) is 0 Å². The van der Waals surface area contributed by atoms with E-state index in [-0.39, 0.29) is 10.6 Å². The van der Waals surface area contributed by atoms with Crippen molar-refractivity contribution < 1.29 is 13.2 Å². The molecular weight excluding hydrogens is 378 g/mol. The number of ether oxygens (including phenoxy) is 1. The molecule has 21 heavy (non-hydrogen) atoms. The number of anilines is 1. The molecule has 0 amide bonds. The lowest BCUT2D eigenvalue weighted by atomic mass is 10.3. The van der Waals surface area contributed by atoms with Crippen molar-refractivity contribution >= 4 is 43.2 Å². The van der Waals surface area contributed by atoms with Crippen LogP contribution >= 0.6 is 27.5 Å². The van der Waals surface area contributed by atoms with Crippen molar-refractivity contribution in [3.8, 4) is 5.75 Å². The molecule has 2 aromatic carbocycles. The maximum atomic E-state index is 12.8. The second-order valence-corrected chi connectivity index (χ2v) is 7.54. The third-order valence-electron chi connectivity index (χ3n) is 2.94. The molecule has 0 heterocycles. The van der Waals surface area contributed by atoms with Gasteiger partial charge in [-0.3, -0.25) is 4.31 Å². The number of nitrogens with zero attached hydrogens (tertiary/aromatic N) is 1. The average Bonchev–Trinajstić information content (AvgIpc) is 2.46. The van der Waals surface area contributed by atoms with E-state index >= 15 is 0 Å². The van der Waals surface area contributed by atoms with Gasteiger partial charge >= 0.3 is 0 Å². The molecule has 0 saturated carbocycles. The van der Waals surface area contributed by atoms with Crippen LogP contribution in [0.25, 0.3) is 0 Å². The van der Waals surface area contributed by atoms with Gasteiger partial charge in [0.2, 0.25) is 0 Å². The maximum Gasteiger partial charge on any atom is 0.267 e. The van der Waals surface area contributed by atoms with Crippen LogP contribution in [-0.4, -0.2) is 22.6 Å². The van der Waals surface area contributed by atoms with E-state index < -0.39 is 10.0 Å². The van der Waals surface area contributed by atoms with Gasteiger partial charge in [-0.1, -0.05) is 33.6 Å². The smallest absolute Gasteiger partial charge is 0.267 e. The van der Waals surface area contributed by atoms with Gasteiger partial charge in [-0.05, 0) is 36.4 Å². The summed E-state index contributed by atoms with van der Waals surface area (Å²) in [5.74, 6) is 0.284. The predicted molar refractivity (Wildman–Crippen MR) is 87.7 cm³/mol. The van der Waals surface area contributed by atoms with Gasteiger partial charge in [0.15, 0.2) is 0 Å². The summed E-state index contributed by atoms with van der Waals surface area (Å²) in [5.41, 5.74) is 0.476. The summed E-state index contributed by atoms with van der Waals surface area (Å²) in [6.45, 7) is 0. The Balaban J connectivity index is 2.54. The second-order valence-electron chi connectivity index (χ2n) is 4.25. The van der Waals surface area contributed by atoms with Gasteiger partial charge in [-0.25, -0.2) is 8.42 Å². The number of hydrogen-bond acceptors (Lipinski definition) is 3. The predicted octanol–water partition coefficient (Wildman–Crippen LogP) is 3.94. The van der Waals surface area contributed by atoms with Crippen molar-refractivity contribution in [2.24, 2.45) is 0 Å². The molecule has 0 radical (unpaired) electrons. The SMILES string of the molecule is COc1ccc(Br)cc1S(=O)(=O)N(C)c1cccc(Cl)c1. The first kappa shape index (κ1) is 16.1. The highest BCUT2D eigenvalue weighted by Gasteiger charge is 2.25. The fraction of sp³-hybridized carbons (Fsp3) is 0.143. The van der Waals surface area contributed by atoms with Crippen LogP contribution in [0, 0.1) is 0 Å². The Morgan fingerprint density at radius 2 is 1.90 bits per heavy atom. The van der Waals surface area contributed by atoms with E-state index in [2.05, 4.69) is 15.9 Å². The summed E-state index contributed by atoms with van der Waals surface area (Å²) in [7, 11) is -0.849. The van der Waals surface area contributed by atoms with E-state index in [1.807, 2.05) is 0 Å². The fourth-order valence-corrected chi connectivity index (χ4v) is 3.88. The zero-order chi connectivity index (χ0) is 15.6. The molecule has 0 aliphatic heterocycles. The lowest BCUT2D eigenvalue weighted by molar-refractivity contribution is 0.402. The molecule has 0 N–H and O–H groups in total. The highest BCUT2D eigenvalue weighted by Crippen LogP contribution is 2.32. The molecular formula is C14H13BrClNO3S. The number of rotatable bonds is 4. The van der Waals surface area contributed by atoms with Crippen LogP contribution in [0.4, 0.5) is 5.69 Å². The Morgan fingerprint density at radius 3 is 2.52 bits per heavy atom. The molecule has 0 spiro atoms. The summed E-state index contributed by atoms with van der Waals surface area (Å²) < 4.78 is 32.5. The highest BCUT2D eigenvalue weighted by molar-refractivity contribution is 9.10. The Bertz CT molecular complexity index is 765. The Hall–Kier alpha value is -1.24. The van der Waals surface area contributed by atoms with Gasteiger partial charge in [-0.15, -0.1) is 0 Å². The van der Waals surface area contributed by atoms with Crippen LogP contribution in [-0.2, 0) is 10.0 Å². The van der Waals surface area contributed by atoms with E-state index in [0.29, 0.717) is 15.2 Å². The second kappa shape index (κ2) is 6.25. The Kier molecular flexibility index (Phi) is 4.81. The lowest BCUT2D eigenvalue weighted by Gasteiger charge is -2.21. The number of halogens is 2. The molecule has 0 bridgehead atoms. The van der Waals surface area contributed by atoms with E-state index in [9.17, 15) is 8.42 Å². The number of sulfonamides is 1. The minimum Gasteiger partial charge on any atom is -0.495 e. The molecule has 0 saturated heterocycles. The van der Waals surface area contributed by atoms with E-state index in [1.54, 1.807) is 36.4 Å². The van der Waals surface area contributed by atoms with Crippen LogP contribution in [0.1, 0.15) is 0 Å². The molecule has 0 fully saturated rings. The molecule has 112 valence electrons. The first-order valence-corrected chi connectivity index (χ1v) is 8.55. The van der Waals surface area contributed by atoms with Gasteiger partial charge in [0.05, 0.1) is 12.8 Å². The third kappa shape index (κ3) is 3.33. The zero-order valence-electron chi connectivity index (χ0n) is 11.4. The van der Waals surface area contributed by atoms with Crippen molar-refractivity contribution in [2.75, 3.05) is 18.5 Å². The van der Waals surface area contributed by atoms with Gasteiger partial charge in [0, 0.05) is 16.5 Å². The van der Waals surface area contributed by atoms with Crippen molar-refractivity contribution in [3.63, 3.8) is 0 Å². The monoisotopic (exact) mass is 389 g/mol. The van der Waals surface area contributed by atoms with E-state index in [1.165, 1.54) is 24.5 Å². The molecule has 7 heteroatoms. The molecule has 0 atom stereocenters. The number of methoxy groups -OCH3 is 1. The van der Waals surface area contributed by atoms with Crippen molar-refractivity contribution in [1.82, 2.24) is 0 Å². The molecule has 0 aromatic heterocycles. The molecule has 0 aliphatic rings. The van der Waals surface area contributed by atoms with Crippen molar-refractivity contribution in [1.29, 1.82) is 0 Å². The zero-order valence-corrected chi connectivity index (χ0v) is 14.5. The van der Waals surface area contributed by atoms with Crippen LogP contribution in [0.15, 0.2) is 51.8 Å². The average molecular weight is 391 g/mol. The minimum absolute atomic E-state index is 0.0850. The highest BCUT2D eigenvalue weighted by atomic mass is 79.9. The summed E-state index contributed by atoms with van der Waals surface area (Å²) in [6, 6.07) is 11.5.